The van der Waals surface area contributed by atoms with E-state index in [1.807, 2.05) is 0 Å². The fraction of sp³-hybridized carbons (Fsp3) is 0.333. The number of hydrogen-bond donors (Lipinski definition) is 0. The molecule has 1 saturated heterocycles. The molecule has 0 aromatic heterocycles. The van der Waals surface area contributed by atoms with Gasteiger partial charge in [-0.1, -0.05) is 12.1 Å². The Hall–Kier alpha value is -1.75. The molecule has 4 nitrogen and oxygen atoms in total. The first-order valence-corrected chi connectivity index (χ1v) is 5.31. The Morgan fingerprint density at radius 3 is 3.00 bits per heavy atom. The predicted molar refractivity (Wildman–Crippen MR) is 58.1 cm³/mol. The molecule has 0 unspecified atom stereocenters. The largest absolute Gasteiger partial charge is 0.370 e. The number of halogens is 1. The van der Waals surface area contributed by atoms with E-state index in [1.165, 1.54) is 29.2 Å². The zero-order valence-corrected chi connectivity index (χ0v) is 9.19. The number of benzene rings is 1. The van der Waals surface area contributed by atoms with E-state index in [9.17, 15) is 14.0 Å². The van der Waals surface area contributed by atoms with Gasteiger partial charge in [0.1, 0.15) is 12.4 Å². The number of hydrogen-bond acceptors (Lipinski definition) is 3. The van der Waals surface area contributed by atoms with Gasteiger partial charge >= 0.3 is 0 Å². The first kappa shape index (κ1) is 11.7. The summed E-state index contributed by atoms with van der Waals surface area (Å²) < 4.78 is 17.9. The zero-order valence-electron chi connectivity index (χ0n) is 9.19. The quantitative estimate of drug-likeness (QED) is 0.733. The van der Waals surface area contributed by atoms with Crippen LogP contribution in [-0.2, 0) is 9.53 Å². The normalized spacial score (nSPS) is 16.1. The van der Waals surface area contributed by atoms with E-state index in [4.69, 9.17) is 4.74 Å². The number of morpholine rings is 1. The van der Waals surface area contributed by atoms with E-state index < -0.39 is 5.82 Å². The molecule has 1 aromatic carbocycles. The Kier molecular flexibility index (Phi) is 3.49. The lowest BCUT2D eigenvalue weighted by molar-refractivity contribution is -0.141. The third kappa shape index (κ3) is 2.88. The number of ether oxygens (including phenoxy) is 1. The van der Waals surface area contributed by atoms with Gasteiger partial charge in [-0.15, -0.1) is 0 Å². The molecule has 0 saturated carbocycles. The Balaban J connectivity index is 2.03. The molecule has 90 valence electrons. The molecule has 0 aliphatic carbocycles. The number of carbonyl (C=O) groups is 2. The molecule has 1 aliphatic rings. The topological polar surface area (TPSA) is 46.6 Å². The molecule has 2 rings (SSSR count). The van der Waals surface area contributed by atoms with Crippen molar-refractivity contribution < 1.29 is 18.7 Å². The summed E-state index contributed by atoms with van der Waals surface area (Å²) in [7, 11) is 0. The van der Waals surface area contributed by atoms with E-state index >= 15 is 0 Å². The summed E-state index contributed by atoms with van der Waals surface area (Å²) in [6.07, 6.45) is 0. The van der Waals surface area contributed by atoms with Gasteiger partial charge in [-0.25, -0.2) is 4.39 Å². The maximum Gasteiger partial charge on any atom is 0.249 e. The zero-order chi connectivity index (χ0) is 12.3. The van der Waals surface area contributed by atoms with Crippen LogP contribution in [0.25, 0.3) is 0 Å². The highest BCUT2D eigenvalue weighted by Crippen LogP contribution is 2.07. The van der Waals surface area contributed by atoms with Crippen molar-refractivity contribution in [3.05, 3.63) is 35.6 Å². The molecule has 0 radical (unpaired) electrons. The average molecular weight is 237 g/mol. The Bertz CT molecular complexity index is 447. The molecule has 0 atom stereocenters. The molecule has 0 N–H and O–H groups in total. The number of Topliss-reactive ketones (excluding diaryl/α,β-unsaturated/α-hetero) is 1. The van der Waals surface area contributed by atoms with Crippen molar-refractivity contribution in [3.8, 4) is 0 Å². The third-order valence-corrected chi connectivity index (χ3v) is 2.56. The van der Waals surface area contributed by atoms with Crippen molar-refractivity contribution in [2.75, 3.05) is 26.3 Å². The van der Waals surface area contributed by atoms with Crippen LogP contribution in [0.4, 0.5) is 4.39 Å². The number of carbonyl (C=O) groups excluding carboxylic acids is 2. The van der Waals surface area contributed by atoms with Crippen LogP contribution in [0, 0.1) is 5.82 Å². The summed E-state index contributed by atoms with van der Waals surface area (Å²) in [5.41, 5.74) is 0.282. The number of ketones is 1. The van der Waals surface area contributed by atoms with Crippen LogP contribution < -0.4 is 0 Å². The van der Waals surface area contributed by atoms with Crippen LogP contribution in [-0.4, -0.2) is 42.9 Å². The first-order valence-electron chi connectivity index (χ1n) is 5.31. The van der Waals surface area contributed by atoms with Gasteiger partial charge in [-0.05, 0) is 12.1 Å². The fourth-order valence-electron chi connectivity index (χ4n) is 1.64. The highest BCUT2D eigenvalue weighted by molar-refractivity contribution is 5.99. The minimum absolute atomic E-state index is 0.0103. The monoisotopic (exact) mass is 237 g/mol. The van der Waals surface area contributed by atoms with Gasteiger partial charge in [0.05, 0.1) is 13.2 Å². The average Bonchev–Trinajstić information content (AvgIpc) is 2.32. The lowest BCUT2D eigenvalue weighted by atomic mass is 10.1. The van der Waals surface area contributed by atoms with Crippen molar-refractivity contribution in [1.82, 2.24) is 4.90 Å². The van der Waals surface area contributed by atoms with Crippen molar-refractivity contribution in [2.24, 2.45) is 0 Å². The number of amides is 1. The summed E-state index contributed by atoms with van der Waals surface area (Å²) >= 11 is 0. The molecule has 1 aliphatic heterocycles. The highest BCUT2D eigenvalue weighted by atomic mass is 19.1. The Morgan fingerprint density at radius 2 is 2.29 bits per heavy atom. The standard InChI is InChI=1S/C12H12FNO3/c13-10-3-1-2-9(6-10)11(15)7-14-4-5-17-8-12(14)16/h1-3,6H,4-5,7-8H2. The second kappa shape index (κ2) is 5.05. The van der Waals surface area contributed by atoms with Gasteiger partial charge in [-0.3, -0.25) is 9.59 Å². The van der Waals surface area contributed by atoms with Crippen LogP contribution >= 0.6 is 0 Å². The van der Waals surface area contributed by atoms with E-state index in [1.54, 1.807) is 0 Å². The molecule has 5 heteroatoms. The van der Waals surface area contributed by atoms with Crippen LogP contribution in [0.2, 0.25) is 0 Å². The Morgan fingerprint density at radius 1 is 1.47 bits per heavy atom. The van der Waals surface area contributed by atoms with E-state index in [-0.39, 0.29) is 30.4 Å². The van der Waals surface area contributed by atoms with Crippen molar-refractivity contribution >= 4 is 11.7 Å². The molecule has 17 heavy (non-hydrogen) atoms. The minimum atomic E-state index is -0.454. The van der Waals surface area contributed by atoms with Crippen molar-refractivity contribution in [3.63, 3.8) is 0 Å². The maximum absolute atomic E-state index is 12.9. The molecule has 1 aromatic rings. The Labute approximate surface area is 98.0 Å². The van der Waals surface area contributed by atoms with Crippen LogP contribution in [0.3, 0.4) is 0 Å². The lowest BCUT2D eigenvalue weighted by Gasteiger charge is -2.25. The summed E-state index contributed by atoms with van der Waals surface area (Å²) in [6.45, 7) is 0.824. The molecule has 0 spiro atoms. The minimum Gasteiger partial charge on any atom is -0.370 e. The highest BCUT2D eigenvalue weighted by Gasteiger charge is 2.21. The number of rotatable bonds is 3. The van der Waals surface area contributed by atoms with Gasteiger partial charge in [0, 0.05) is 12.1 Å². The summed E-state index contributed by atoms with van der Waals surface area (Å²) in [4.78, 5) is 24.6. The van der Waals surface area contributed by atoms with Crippen molar-refractivity contribution in [1.29, 1.82) is 0 Å². The lowest BCUT2D eigenvalue weighted by Crippen LogP contribution is -2.44. The summed E-state index contributed by atoms with van der Waals surface area (Å²) in [5, 5.41) is 0. The maximum atomic E-state index is 12.9. The molecular formula is C12H12FNO3. The third-order valence-electron chi connectivity index (χ3n) is 2.56. The first-order chi connectivity index (χ1) is 8.16. The number of nitrogens with zero attached hydrogens (tertiary/aromatic N) is 1. The SMILES string of the molecule is O=C(CN1CCOCC1=O)c1cccc(F)c1. The van der Waals surface area contributed by atoms with Crippen LogP contribution in [0.1, 0.15) is 10.4 Å². The molecule has 1 amide bonds. The fourth-order valence-corrected chi connectivity index (χ4v) is 1.64. The van der Waals surface area contributed by atoms with Gasteiger partial charge < -0.3 is 9.64 Å². The second-order valence-electron chi connectivity index (χ2n) is 3.80. The summed E-state index contributed by atoms with van der Waals surface area (Å²) in [6, 6.07) is 5.46. The van der Waals surface area contributed by atoms with Gasteiger partial charge in [0.25, 0.3) is 0 Å². The van der Waals surface area contributed by atoms with Crippen LogP contribution in [0.15, 0.2) is 24.3 Å². The second-order valence-corrected chi connectivity index (χ2v) is 3.80. The van der Waals surface area contributed by atoms with Gasteiger partial charge in [-0.2, -0.15) is 0 Å². The van der Waals surface area contributed by atoms with Crippen molar-refractivity contribution in [2.45, 2.75) is 0 Å². The van der Waals surface area contributed by atoms with Gasteiger partial charge in [0.2, 0.25) is 5.91 Å². The van der Waals surface area contributed by atoms with E-state index in [0.717, 1.165) is 0 Å². The molecular weight excluding hydrogens is 225 g/mol. The van der Waals surface area contributed by atoms with Crippen LogP contribution in [0.5, 0.6) is 0 Å². The molecule has 1 heterocycles. The van der Waals surface area contributed by atoms with Gasteiger partial charge in [0.15, 0.2) is 5.78 Å². The summed E-state index contributed by atoms with van der Waals surface area (Å²) in [5.74, 6) is -0.926. The molecule has 0 bridgehead atoms. The smallest absolute Gasteiger partial charge is 0.249 e. The molecule has 1 fully saturated rings. The van der Waals surface area contributed by atoms with E-state index in [0.29, 0.717) is 13.2 Å². The predicted octanol–water partition coefficient (Wildman–Crippen LogP) is 0.867. The van der Waals surface area contributed by atoms with E-state index in [2.05, 4.69) is 0 Å².